The number of sulfonamides is 1. The van der Waals surface area contributed by atoms with Crippen LogP contribution in [0, 0.1) is 0 Å². The molecule has 2 rings (SSSR count). The maximum atomic E-state index is 12.5. The molecule has 184 valence electrons. The van der Waals surface area contributed by atoms with Crippen LogP contribution in [0.15, 0.2) is 58.4 Å². The fourth-order valence-electron chi connectivity index (χ4n) is 2.60. The summed E-state index contributed by atoms with van der Waals surface area (Å²) in [6, 6.07) is 11.4. The van der Waals surface area contributed by atoms with Crippen molar-refractivity contribution in [2.45, 2.75) is 23.9 Å². The van der Waals surface area contributed by atoms with Crippen molar-refractivity contribution in [2.75, 3.05) is 20.3 Å². The molecule has 0 aliphatic carbocycles. The van der Waals surface area contributed by atoms with Gasteiger partial charge in [-0.2, -0.15) is 4.72 Å². The Morgan fingerprint density at radius 3 is 2.38 bits per heavy atom. The summed E-state index contributed by atoms with van der Waals surface area (Å²) in [5.41, 5.74) is 14.0. The van der Waals surface area contributed by atoms with Crippen LogP contribution in [0.2, 0.25) is 0 Å². The molecule has 0 aliphatic heterocycles. The number of esters is 2. The van der Waals surface area contributed by atoms with Gasteiger partial charge in [0.2, 0.25) is 10.0 Å². The number of nitrogens with two attached hydrogens (primary N) is 3. The quantitative estimate of drug-likeness (QED) is 0.0829. The lowest BCUT2D eigenvalue weighted by Crippen LogP contribution is -2.60. The number of carbonyl (C=O) groups excluding carboxylic acids is 2. The maximum Gasteiger partial charge on any atom is 0.349 e. The molecule has 2 aromatic carbocycles. The zero-order valence-electron chi connectivity index (χ0n) is 18.7. The van der Waals surface area contributed by atoms with Crippen LogP contribution in [0.1, 0.15) is 23.7 Å². The Hall–Kier alpha value is -3.68. The van der Waals surface area contributed by atoms with E-state index in [1.807, 2.05) is 4.72 Å². The molecule has 0 bridgehead atoms. The molecule has 13 heteroatoms. The normalized spacial score (nSPS) is 12.8. The van der Waals surface area contributed by atoms with Crippen molar-refractivity contribution in [3.05, 3.63) is 54.1 Å². The molecule has 0 aromatic heterocycles. The predicted octanol–water partition coefficient (Wildman–Crippen LogP) is 0.0743. The van der Waals surface area contributed by atoms with Crippen LogP contribution < -0.4 is 31.4 Å². The van der Waals surface area contributed by atoms with Gasteiger partial charge >= 0.3 is 11.9 Å². The van der Waals surface area contributed by atoms with Crippen molar-refractivity contribution < 1.29 is 32.2 Å². The van der Waals surface area contributed by atoms with Gasteiger partial charge in [0, 0.05) is 13.0 Å². The third-order valence-electron chi connectivity index (χ3n) is 4.26. The van der Waals surface area contributed by atoms with E-state index < -0.39 is 27.6 Å². The molecule has 1 atom stereocenters. The first kappa shape index (κ1) is 26.6. The van der Waals surface area contributed by atoms with Crippen LogP contribution in [0.3, 0.4) is 0 Å². The summed E-state index contributed by atoms with van der Waals surface area (Å²) in [6.45, 7) is 1.73. The molecule has 0 fully saturated rings. The topological polar surface area (TPSA) is 198 Å². The number of methoxy groups -OCH3 is 1. The van der Waals surface area contributed by atoms with Crippen LogP contribution >= 0.6 is 0 Å². The van der Waals surface area contributed by atoms with Crippen LogP contribution in [-0.4, -0.2) is 52.2 Å². The number of rotatable bonds is 11. The molecular weight excluding hydrogens is 466 g/mol. The fourth-order valence-corrected chi connectivity index (χ4v) is 3.87. The van der Waals surface area contributed by atoms with Crippen molar-refractivity contribution in [3.63, 3.8) is 0 Å². The highest BCUT2D eigenvalue weighted by Crippen LogP contribution is 2.28. The van der Waals surface area contributed by atoms with E-state index in [9.17, 15) is 18.0 Å². The van der Waals surface area contributed by atoms with Gasteiger partial charge in [-0.1, -0.05) is 18.2 Å². The molecule has 0 heterocycles. The zero-order chi connectivity index (χ0) is 25.4. The maximum absolute atomic E-state index is 12.5. The first-order valence-electron chi connectivity index (χ1n) is 9.97. The van der Waals surface area contributed by atoms with Gasteiger partial charge in [0.25, 0.3) is 0 Å². The third kappa shape index (κ3) is 7.43. The number of hydrogen-bond acceptors (Lipinski definition) is 9. The minimum absolute atomic E-state index is 0.0172. The smallest absolute Gasteiger partial charge is 0.349 e. The van der Waals surface area contributed by atoms with E-state index in [4.69, 9.17) is 31.4 Å². The van der Waals surface area contributed by atoms with E-state index in [-0.39, 0.29) is 28.8 Å². The molecule has 0 saturated carbocycles. The largest absolute Gasteiger partial charge is 0.493 e. The van der Waals surface area contributed by atoms with Crippen LogP contribution in [0.4, 0.5) is 0 Å². The summed E-state index contributed by atoms with van der Waals surface area (Å²) in [4.78, 5) is 28.6. The number of nitrogens with zero attached hydrogens (tertiary/aromatic N) is 1. The average Bonchev–Trinajstić information content (AvgIpc) is 2.78. The van der Waals surface area contributed by atoms with Gasteiger partial charge in [0.15, 0.2) is 23.1 Å². The molecule has 12 nitrogen and oxygen atoms in total. The van der Waals surface area contributed by atoms with E-state index in [0.29, 0.717) is 18.7 Å². The Morgan fingerprint density at radius 2 is 1.76 bits per heavy atom. The molecule has 0 spiro atoms. The first-order valence-corrected chi connectivity index (χ1v) is 11.5. The lowest BCUT2D eigenvalue weighted by atomic mass is 10.2. The standard InChI is InChI=1S/C21H27N5O7S/c1-21(24,26-34(29,30)15-7-4-3-5-8-15)19(28)33-18(27)14-9-10-16(17(13-14)31-2)32-12-6-11-25-20(22)23/h3-5,7-10,13,26H,6,11-12,24H2,1-2H3,(H4,22,23,25)/t21-/m0/s1. The second kappa shape index (κ2) is 11.4. The number of benzene rings is 2. The highest BCUT2D eigenvalue weighted by Gasteiger charge is 2.37. The van der Waals surface area contributed by atoms with Gasteiger partial charge in [-0.05, 0) is 37.3 Å². The number of aliphatic imine (C=N–C) groups is 1. The minimum Gasteiger partial charge on any atom is -0.493 e. The molecule has 0 unspecified atom stereocenters. The summed E-state index contributed by atoms with van der Waals surface area (Å²) in [5.74, 6) is -1.82. The second-order valence-corrected chi connectivity index (χ2v) is 8.85. The Kier molecular flexibility index (Phi) is 8.95. The van der Waals surface area contributed by atoms with Crippen molar-refractivity contribution in [1.82, 2.24) is 4.72 Å². The van der Waals surface area contributed by atoms with Gasteiger partial charge < -0.3 is 31.4 Å². The highest BCUT2D eigenvalue weighted by molar-refractivity contribution is 7.89. The summed E-state index contributed by atoms with van der Waals surface area (Å²) in [5, 5.41) is 0. The third-order valence-corrected chi connectivity index (χ3v) is 5.85. The number of guanidine groups is 1. The predicted molar refractivity (Wildman–Crippen MR) is 124 cm³/mol. The van der Waals surface area contributed by atoms with Gasteiger partial charge in [-0.25, -0.2) is 18.0 Å². The van der Waals surface area contributed by atoms with E-state index in [2.05, 4.69) is 4.99 Å². The van der Waals surface area contributed by atoms with Crippen molar-refractivity contribution in [1.29, 1.82) is 0 Å². The monoisotopic (exact) mass is 493 g/mol. The Labute approximate surface area is 197 Å². The molecule has 7 N–H and O–H groups in total. The summed E-state index contributed by atoms with van der Waals surface area (Å²) < 4.78 is 42.5. The summed E-state index contributed by atoms with van der Waals surface area (Å²) in [6.07, 6.45) is 0.535. The van der Waals surface area contributed by atoms with Crippen molar-refractivity contribution in [3.8, 4) is 11.5 Å². The van der Waals surface area contributed by atoms with Gasteiger partial charge in [0.1, 0.15) is 0 Å². The lowest BCUT2D eigenvalue weighted by Gasteiger charge is -2.23. The number of carbonyl (C=O) groups is 2. The fraction of sp³-hybridized carbons (Fsp3) is 0.286. The zero-order valence-corrected chi connectivity index (χ0v) is 19.5. The SMILES string of the molecule is COc1cc(C(=O)OC(=O)[C@@](C)(N)NS(=O)(=O)c2ccccc2)ccc1OCCCN=C(N)N. The minimum atomic E-state index is -4.14. The summed E-state index contributed by atoms with van der Waals surface area (Å²) in [7, 11) is -2.77. The molecule has 2 aromatic rings. The molecule has 0 radical (unpaired) electrons. The number of nitrogens with one attached hydrogen (secondary N) is 1. The molecule has 0 amide bonds. The van der Waals surface area contributed by atoms with E-state index >= 15 is 0 Å². The van der Waals surface area contributed by atoms with Crippen LogP contribution in [0.5, 0.6) is 11.5 Å². The summed E-state index contributed by atoms with van der Waals surface area (Å²) >= 11 is 0. The van der Waals surface area contributed by atoms with E-state index in [1.165, 1.54) is 49.6 Å². The average molecular weight is 494 g/mol. The van der Waals surface area contributed by atoms with Gasteiger partial charge in [-0.15, -0.1) is 0 Å². The first-order chi connectivity index (χ1) is 16.0. The molecule has 34 heavy (non-hydrogen) atoms. The Morgan fingerprint density at radius 1 is 1.09 bits per heavy atom. The number of hydrogen-bond donors (Lipinski definition) is 4. The lowest BCUT2D eigenvalue weighted by molar-refractivity contribution is -0.144. The highest BCUT2D eigenvalue weighted by atomic mass is 32.2. The van der Waals surface area contributed by atoms with Crippen molar-refractivity contribution >= 4 is 27.9 Å². The number of ether oxygens (including phenoxy) is 3. The van der Waals surface area contributed by atoms with E-state index in [0.717, 1.165) is 6.92 Å². The molecule has 0 aliphatic rings. The van der Waals surface area contributed by atoms with Crippen LogP contribution in [0.25, 0.3) is 0 Å². The van der Waals surface area contributed by atoms with Crippen LogP contribution in [-0.2, 0) is 19.6 Å². The van der Waals surface area contributed by atoms with E-state index in [1.54, 1.807) is 6.07 Å². The molecule has 0 saturated heterocycles. The Balaban J connectivity index is 2.04. The van der Waals surface area contributed by atoms with Crippen molar-refractivity contribution in [2.24, 2.45) is 22.2 Å². The van der Waals surface area contributed by atoms with Gasteiger partial charge in [-0.3, -0.25) is 4.99 Å². The Bertz CT molecular complexity index is 1150. The molecular formula is C21H27N5O7S. The second-order valence-electron chi connectivity index (χ2n) is 7.17. The van der Waals surface area contributed by atoms with Gasteiger partial charge in [0.05, 0.1) is 24.2 Å².